The average molecular weight is 330 g/mol. The van der Waals surface area contributed by atoms with Crippen molar-refractivity contribution in [1.82, 2.24) is 0 Å². The van der Waals surface area contributed by atoms with Gasteiger partial charge >= 0.3 is 62.1 Å². The Morgan fingerprint density at radius 3 is 2.57 bits per heavy atom. The van der Waals surface area contributed by atoms with Gasteiger partial charge in [-0.2, -0.15) is 0 Å². The summed E-state index contributed by atoms with van der Waals surface area (Å²) in [4.78, 5) is 3.53. The van der Waals surface area contributed by atoms with E-state index in [1.807, 2.05) is 4.40 Å². The van der Waals surface area contributed by atoms with Crippen LogP contribution in [0.5, 0.6) is 0 Å². The standard InChI is InChI=1S/C4H4BrN.W/c1-4(5)3-6-2;/h1,3H,2H2;. The second-order valence-electron chi connectivity index (χ2n) is 0.814. The molecule has 0 atom stereocenters. The van der Waals surface area contributed by atoms with Gasteiger partial charge in [-0.05, 0) is 0 Å². The third-order valence-electron chi connectivity index (χ3n) is 0.327. The van der Waals surface area contributed by atoms with Crippen molar-refractivity contribution in [1.29, 1.82) is 0 Å². The van der Waals surface area contributed by atoms with Gasteiger partial charge in [0.2, 0.25) is 0 Å². The number of nitrogens with zero attached hydrogens (tertiary/aromatic N) is 1. The van der Waals surface area contributed by atoms with Crippen molar-refractivity contribution in [2.45, 2.75) is 0 Å². The van der Waals surface area contributed by atoms with Gasteiger partial charge in [-0.1, -0.05) is 0 Å². The number of hydrogen-bond acceptors (Lipinski definition) is 1. The Labute approximate surface area is 62.1 Å². The van der Waals surface area contributed by atoms with Crippen LogP contribution in [0, 0.1) is 0 Å². The Kier molecular flexibility index (Phi) is 4.90. The summed E-state index contributed by atoms with van der Waals surface area (Å²) in [6, 6.07) is 0. The molecule has 0 unspecified atom stereocenters. The van der Waals surface area contributed by atoms with Gasteiger partial charge in [0.15, 0.2) is 0 Å². The van der Waals surface area contributed by atoms with E-state index >= 15 is 0 Å². The predicted molar refractivity (Wildman–Crippen MR) is 32.6 cm³/mol. The Morgan fingerprint density at radius 1 is 1.86 bits per heavy atom. The first-order valence-electron chi connectivity index (χ1n) is 1.58. The minimum absolute atomic E-state index is 0.998. The SMILES string of the molecule is C=NC=C(Br)[CH]=[W]. The zero-order valence-electron chi connectivity index (χ0n) is 3.60. The molecule has 0 saturated heterocycles. The molecule has 0 aromatic heterocycles. The monoisotopic (exact) mass is 329 g/mol. The van der Waals surface area contributed by atoms with E-state index in [-0.39, 0.29) is 0 Å². The Morgan fingerprint density at radius 2 is 2.43 bits per heavy atom. The fourth-order valence-electron chi connectivity index (χ4n) is 0.118. The van der Waals surface area contributed by atoms with Gasteiger partial charge in [-0.15, -0.1) is 0 Å². The Hall–Kier alpha value is 0.448. The van der Waals surface area contributed by atoms with Crippen molar-refractivity contribution in [2.75, 3.05) is 0 Å². The second kappa shape index (κ2) is 4.60. The van der Waals surface area contributed by atoms with E-state index in [4.69, 9.17) is 0 Å². The first-order valence-corrected chi connectivity index (χ1v) is 4.06. The molecule has 0 aliphatic carbocycles. The maximum absolute atomic E-state index is 3.53. The van der Waals surface area contributed by atoms with Gasteiger partial charge in [0.05, 0.1) is 0 Å². The van der Waals surface area contributed by atoms with Crippen LogP contribution in [0.2, 0.25) is 0 Å². The number of allylic oxidation sites excluding steroid dienone is 1. The zero-order valence-corrected chi connectivity index (χ0v) is 8.11. The van der Waals surface area contributed by atoms with Crippen LogP contribution < -0.4 is 0 Å². The van der Waals surface area contributed by atoms with Crippen molar-refractivity contribution in [2.24, 2.45) is 4.99 Å². The summed E-state index contributed by atoms with van der Waals surface area (Å²) >= 11 is 4.63. The van der Waals surface area contributed by atoms with Crippen LogP contribution in [0.4, 0.5) is 0 Å². The van der Waals surface area contributed by atoms with Crippen molar-refractivity contribution < 1.29 is 19.4 Å². The molecule has 0 aromatic rings. The van der Waals surface area contributed by atoms with Gasteiger partial charge in [0.25, 0.3) is 0 Å². The Balaban J connectivity index is 3.72. The molecule has 0 N–H and O–H groups in total. The van der Waals surface area contributed by atoms with Crippen LogP contribution in [-0.4, -0.2) is 11.1 Å². The number of hydrogen-bond donors (Lipinski definition) is 0. The third kappa shape index (κ3) is 4.30. The Bertz CT molecular complexity index is 108. The van der Waals surface area contributed by atoms with Crippen LogP contribution in [0.3, 0.4) is 0 Å². The molecule has 1 nitrogen and oxygen atoms in total. The molecule has 0 bridgehead atoms. The summed E-state index contributed by atoms with van der Waals surface area (Å²) < 4.78 is 2.98. The zero-order chi connectivity index (χ0) is 5.70. The number of halogens is 1. The average Bonchev–Trinajstić information content (AvgIpc) is 1.68. The fourth-order valence-corrected chi connectivity index (χ4v) is 0.481. The summed E-state index contributed by atoms with van der Waals surface area (Å²) in [6.45, 7) is 3.28. The first-order chi connectivity index (χ1) is 3.31. The molecule has 38 valence electrons. The molecule has 0 aliphatic rings. The number of aliphatic imine (C=N–C) groups is 1. The van der Waals surface area contributed by atoms with E-state index < -0.39 is 0 Å². The summed E-state index contributed by atoms with van der Waals surface area (Å²) in [5.74, 6) is 0. The van der Waals surface area contributed by atoms with Crippen LogP contribution in [-0.2, 0) is 19.4 Å². The quantitative estimate of drug-likeness (QED) is 0.677. The van der Waals surface area contributed by atoms with Gasteiger partial charge in [-0.3, -0.25) is 0 Å². The maximum atomic E-state index is 3.53. The molecule has 0 aliphatic heterocycles. The molecule has 0 spiro atoms. The number of rotatable bonds is 2. The summed E-state index contributed by atoms with van der Waals surface area (Å²) in [6.07, 6.45) is 1.66. The van der Waals surface area contributed by atoms with Gasteiger partial charge in [0.1, 0.15) is 0 Å². The van der Waals surface area contributed by atoms with E-state index in [9.17, 15) is 0 Å². The molecule has 0 radical (unpaired) electrons. The second-order valence-corrected chi connectivity index (χ2v) is 2.58. The molecule has 0 heterocycles. The molecule has 3 heteroatoms. The predicted octanol–water partition coefficient (Wildman–Crippen LogP) is 1.27. The van der Waals surface area contributed by atoms with Crippen LogP contribution in [0.1, 0.15) is 0 Å². The molecular formula is C4H4BrNW. The fraction of sp³-hybridized carbons (Fsp3) is 0. The summed E-state index contributed by atoms with van der Waals surface area (Å²) in [5, 5.41) is 0. The van der Waals surface area contributed by atoms with Crippen LogP contribution in [0.15, 0.2) is 15.7 Å². The van der Waals surface area contributed by atoms with Gasteiger partial charge in [0, 0.05) is 0 Å². The normalized spacial score (nSPS) is 10.7. The molecule has 0 saturated carbocycles. The van der Waals surface area contributed by atoms with Crippen LogP contribution in [0.25, 0.3) is 0 Å². The molecule has 0 fully saturated rings. The van der Waals surface area contributed by atoms with Gasteiger partial charge in [-0.25, -0.2) is 0 Å². The van der Waals surface area contributed by atoms with Crippen molar-refractivity contribution in [3.8, 4) is 0 Å². The summed E-state index contributed by atoms with van der Waals surface area (Å²) in [5.41, 5.74) is 0. The van der Waals surface area contributed by atoms with Crippen molar-refractivity contribution >= 4 is 27.0 Å². The van der Waals surface area contributed by atoms with Crippen LogP contribution >= 0.6 is 15.9 Å². The van der Waals surface area contributed by atoms with Gasteiger partial charge < -0.3 is 0 Å². The minimum atomic E-state index is 0.998. The third-order valence-corrected chi connectivity index (χ3v) is 2.87. The van der Waals surface area contributed by atoms with Crippen molar-refractivity contribution in [3.63, 3.8) is 0 Å². The first kappa shape index (κ1) is 7.45. The molecular weight excluding hydrogens is 326 g/mol. The van der Waals surface area contributed by atoms with Crippen molar-refractivity contribution in [3.05, 3.63) is 10.7 Å². The molecule has 0 amide bonds. The molecule has 0 aromatic carbocycles. The topological polar surface area (TPSA) is 12.4 Å². The molecule has 0 rings (SSSR count). The van der Waals surface area contributed by atoms with E-state index in [1.54, 1.807) is 6.20 Å². The summed E-state index contributed by atoms with van der Waals surface area (Å²) in [7, 11) is 0. The van der Waals surface area contributed by atoms with E-state index in [2.05, 4.69) is 27.6 Å². The van der Waals surface area contributed by atoms with E-state index in [1.165, 1.54) is 19.4 Å². The van der Waals surface area contributed by atoms with E-state index in [0.717, 1.165) is 4.48 Å². The molecule has 7 heavy (non-hydrogen) atoms. The van der Waals surface area contributed by atoms with E-state index in [0.29, 0.717) is 0 Å².